The predicted molar refractivity (Wildman–Crippen MR) is 92.6 cm³/mol. The molecule has 23 heavy (non-hydrogen) atoms. The molecule has 0 N–H and O–H groups in total. The van der Waals surface area contributed by atoms with Gasteiger partial charge in [0.25, 0.3) is 0 Å². The number of benzene rings is 2. The highest BCUT2D eigenvalue weighted by Crippen LogP contribution is 2.32. The van der Waals surface area contributed by atoms with Crippen LogP contribution in [0, 0.1) is 0 Å². The number of nitrogens with zero attached hydrogens (tertiary/aromatic N) is 2. The Morgan fingerprint density at radius 1 is 0.870 bits per heavy atom. The Morgan fingerprint density at radius 2 is 1.52 bits per heavy atom. The van der Waals surface area contributed by atoms with Gasteiger partial charge in [-0.3, -0.25) is 4.99 Å². The molecule has 0 spiro atoms. The first-order valence-corrected chi connectivity index (χ1v) is 7.30. The van der Waals surface area contributed by atoms with Crippen molar-refractivity contribution in [3.05, 3.63) is 72.6 Å². The highest BCUT2D eigenvalue weighted by molar-refractivity contribution is 5.88. The monoisotopic (exact) mass is 306 g/mol. The van der Waals surface area contributed by atoms with Gasteiger partial charge in [-0.15, -0.1) is 0 Å². The molecule has 4 nitrogen and oxygen atoms in total. The van der Waals surface area contributed by atoms with Gasteiger partial charge in [-0.05, 0) is 30.3 Å². The van der Waals surface area contributed by atoms with Gasteiger partial charge in [0.05, 0.1) is 25.6 Å². The molecule has 0 atom stereocenters. The van der Waals surface area contributed by atoms with Gasteiger partial charge in [0.2, 0.25) is 0 Å². The Bertz CT molecular complexity index is 794. The Morgan fingerprint density at radius 3 is 2.17 bits per heavy atom. The van der Waals surface area contributed by atoms with Gasteiger partial charge in [-0.1, -0.05) is 18.2 Å². The first kappa shape index (κ1) is 14.9. The van der Waals surface area contributed by atoms with Gasteiger partial charge in [0, 0.05) is 30.2 Å². The fourth-order valence-corrected chi connectivity index (χ4v) is 2.36. The zero-order valence-corrected chi connectivity index (χ0v) is 13.1. The molecule has 3 rings (SSSR count). The molecule has 0 fully saturated rings. The minimum Gasteiger partial charge on any atom is -0.493 e. The molecule has 0 aliphatic carbocycles. The van der Waals surface area contributed by atoms with Crippen LogP contribution in [0.5, 0.6) is 11.5 Å². The van der Waals surface area contributed by atoms with E-state index in [9.17, 15) is 0 Å². The largest absolute Gasteiger partial charge is 0.493 e. The molecule has 0 bridgehead atoms. The standard InChI is InChI=1S/C19H18N2O2/c1-22-18-12-15(14-20-16-8-4-3-5-9-16)17(13-19(18)23-2)21-10-6-7-11-21/h3-14H,1-2H3. The molecule has 116 valence electrons. The van der Waals surface area contributed by atoms with E-state index in [1.54, 1.807) is 14.2 Å². The van der Waals surface area contributed by atoms with Crippen LogP contribution in [0.4, 0.5) is 5.69 Å². The quantitative estimate of drug-likeness (QED) is 0.661. The van der Waals surface area contributed by atoms with Crippen LogP contribution in [0.15, 0.2) is 72.0 Å². The number of para-hydroxylation sites is 1. The highest BCUT2D eigenvalue weighted by atomic mass is 16.5. The average molecular weight is 306 g/mol. The summed E-state index contributed by atoms with van der Waals surface area (Å²) in [5, 5.41) is 0. The van der Waals surface area contributed by atoms with Gasteiger partial charge in [-0.2, -0.15) is 0 Å². The van der Waals surface area contributed by atoms with Crippen molar-refractivity contribution in [2.24, 2.45) is 4.99 Å². The van der Waals surface area contributed by atoms with Crippen LogP contribution in [0.1, 0.15) is 5.56 Å². The molecule has 0 unspecified atom stereocenters. The average Bonchev–Trinajstić information content (AvgIpc) is 3.14. The van der Waals surface area contributed by atoms with Gasteiger partial charge in [0.1, 0.15) is 0 Å². The number of hydrogen-bond donors (Lipinski definition) is 0. The molecular formula is C19H18N2O2. The van der Waals surface area contributed by atoms with Crippen molar-refractivity contribution in [2.75, 3.05) is 14.2 Å². The third-order valence-electron chi connectivity index (χ3n) is 3.52. The molecule has 2 aromatic carbocycles. The van der Waals surface area contributed by atoms with Crippen molar-refractivity contribution in [3.63, 3.8) is 0 Å². The van der Waals surface area contributed by atoms with E-state index in [4.69, 9.17) is 9.47 Å². The van der Waals surface area contributed by atoms with E-state index in [-0.39, 0.29) is 0 Å². The Kier molecular flexibility index (Phi) is 4.43. The normalized spacial score (nSPS) is 10.9. The summed E-state index contributed by atoms with van der Waals surface area (Å²) < 4.78 is 12.8. The molecule has 1 aromatic heterocycles. The van der Waals surface area contributed by atoms with Crippen molar-refractivity contribution in [2.45, 2.75) is 0 Å². The molecule has 0 aliphatic rings. The minimum absolute atomic E-state index is 0.679. The van der Waals surface area contributed by atoms with Crippen molar-refractivity contribution < 1.29 is 9.47 Å². The highest BCUT2D eigenvalue weighted by Gasteiger charge is 2.11. The van der Waals surface area contributed by atoms with E-state index in [0.717, 1.165) is 16.9 Å². The Labute approximate surface area is 135 Å². The van der Waals surface area contributed by atoms with Crippen LogP contribution in [-0.4, -0.2) is 25.0 Å². The third-order valence-corrected chi connectivity index (χ3v) is 3.52. The maximum absolute atomic E-state index is 5.41. The lowest BCUT2D eigenvalue weighted by Crippen LogP contribution is -2.00. The number of aliphatic imine (C=N–C) groups is 1. The molecule has 3 aromatic rings. The number of rotatable bonds is 5. The lowest BCUT2D eigenvalue weighted by molar-refractivity contribution is 0.355. The van der Waals surface area contributed by atoms with Crippen molar-refractivity contribution >= 4 is 11.9 Å². The second kappa shape index (κ2) is 6.83. The van der Waals surface area contributed by atoms with E-state index >= 15 is 0 Å². The number of methoxy groups -OCH3 is 2. The number of hydrogen-bond acceptors (Lipinski definition) is 3. The van der Waals surface area contributed by atoms with Crippen molar-refractivity contribution in [1.82, 2.24) is 4.57 Å². The van der Waals surface area contributed by atoms with Gasteiger partial charge < -0.3 is 14.0 Å². The van der Waals surface area contributed by atoms with E-state index < -0.39 is 0 Å². The summed E-state index contributed by atoms with van der Waals surface area (Å²) in [6.45, 7) is 0. The smallest absolute Gasteiger partial charge is 0.162 e. The second-order valence-electron chi connectivity index (χ2n) is 4.95. The van der Waals surface area contributed by atoms with Crippen LogP contribution in [0.25, 0.3) is 5.69 Å². The molecule has 0 saturated heterocycles. The van der Waals surface area contributed by atoms with E-state index in [2.05, 4.69) is 4.99 Å². The van der Waals surface area contributed by atoms with Gasteiger partial charge >= 0.3 is 0 Å². The molecule has 1 heterocycles. The summed E-state index contributed by atoms with van der Waals surface area (Å²) in [7, 11) is 3.26. The van der Waals surface area contributed by atoms with E-state index in [1.165, 1.54) is 0 Å². The fraction of sp³-hybridized carbons (Fsp3) is 0.105. The van der Waals surface area contributed by atoms with Crippen molar-refractivity contribution in [3.8, 4) is 17.2 Å². The lowest BCUT2D eigenvalue weighted by Gasteiger charge is -2.13. The van der Waals surface area contributed by atoms with Crippen LogP contribution >= 0.6 is 0 Å². The topological polar surface area (TPSA) is 35.8 Å². The van der Waals surface area contributed by atoms with E-state index in [0.29, 0.717) is 11.5 Å². The van der Waals surface area contributed by atoms with Gasteiger partial charge in [-0.25, -0.2) is 0 Å². The Hall–Kier alpha value is -3.01. The molecule has 0 radical (unpaired) electrons. The number of aromatic nitrogens is 1. The van der Waals surface area contributed by atoms with Crippen LogP contribution in [0.3, 0.4) is 0 Å². The Balaban J connectivity index is 2.08. The fourth-order valence-electron chi connectivity index (χ4n) is 2.36. The number of ether oxygens (including phenoxy) is 2. The SMILES string of the molecule is COc1cc(C=Nc2ccccc2)c(-n2cccc2)cc1OC. The maximum Gasteiger partial charge on any atom is 0.162 e. The lowest BCUT2D eigenvalue weighted by atomic mass is 10.1. The molecular weight excluding hydrogens is 288 g/mol. The van der Waals surface area contributed by atoms with E-state index in [1.807, 2.05) is 77.8 Å². The summed E-state index contributed by atoms with van der Waals surface area (Å²) in [6, 6.07) is 17.7. The summed E-state index contributed by atoms with van der Waals surface area (Å²) in [4.78, 5) is 4.54. The van der Waals surface area contributed by atoms with Crippen LogP contribution in [0.2, 0.25) is 0 Å². The summed E-state index contributed by atoms with van der Waals surface area (Å²) >= 11 is 0. The summed E-state index contributed by atoms with van der Waals surface area (Å²) in [5.74, 6) is 1.37. The third kappa shape index (κ3) is 3.26. The first-order valence-electron chi connectivity index (χ1n) is 7.30. The van der Waals surface area contributed by atoms with Crippen LogP contribution in [-0.2, 0) is 0 Å². The zero-order chi connectivity index (χ0) is 16.1. The van der Waals surface area contributed by atoms with Gasteiger partial charge in [0.15, 0.2) is 11.5 Å². The van der Waals surface area contributed by atoms with Crippen molar-refractivity contribution in [1.29, 1.82) is 0 Å². The summed E-state index contributed by atoms with van der Waals surface area (Å²) in [5.41, 5.74) is 2.83. The molecule has 0 saturated carbocycles. The first-order chi connectivity index (χ1) is 11.3. The molecule has 4 heteroatoms. The minimum atomic E-state index is 0.679. The molecule has 0 aliphatic heterocycles. The summed E-state index contributed by atoms with van der Waals surface area (Å²) in [6.07, 6.45) is 5.81. The predicted octanol–water partition coefficient (Wildman–Crippen LogP) is 4.25. The second-order valence-corrected chi connectivity index (χ2v) is 4.95. The molecule has 0 amide bonds. The zero-order valence-electron chi connectivity index (χ0n) is 13.1. The maximum atomic E-state index is 5.41. The van der Waals surface area contributed by atoms with Crippen LogP contribution < -0.4 is 9.47 Å².